The van der Waals surface area contributed by atoms with Crippen LogP contribution in [0.1, 0.15) is 36.9 Å². The van der Waals surface area contributed by atoms with Gasteiger partial charge in [0.05, 0.1) is 17.8 Å². The minimum atomic E-state index is -0.253. The number of nitrogens with zero attached hydrogens (tertiary/aromatic N) is 2. The quantitative estimate of drug-likeness (QED) is 0.799. The summed E-state index contributed by atoms with van der Waals surface area (Å²) in [5.41, 5.74) is 2.08. The van der Waals surface area contributed by atoms with Crippen LogP contribution >= 0.6 is 0 Å². The van der Waals surface area contributed by atoms with E-state index in [-0.39, 0.29) is 12.1 Å². The maximum absolute atomic E-state index is 9.84. The summed E-state index contributed by atoms with van der Waals surface area (Å²) in [6.45, 7) is 3.97. The van der Waals surface area contributed by atoms with Crippen molar-refractivity contribution < 1.29 is 5.11 Å². The molecule has 0 saturated heterocycles. The topological polar surface area (TPSA) is 58.0 Å². The van der Waals surface area contributed by atoms with Gasteiger partial charge in [0.2, 0.25) is 0 Å². The van der Waals surface area contributed by atoms with Gasteiger partial charge in [-0.25, -0.2) is 0 Å². The van der Waals surface area contributed by atoms with E-state index < -0.39 is 0 Å². The largest absolute Gasteiger partial charge is 0.391 e. The van der Waals surface area contributed by atoms with Gasteiger partial charge in [-0.05, 0) is 38.3 Å². The molecule has 1 heterocycles. The van der Waals surface area contributed by atoms with Crippen LogP contribution in [-0.2, 0) is 0 Å². The predicted octanol–water partition coefficient (Wildman–Crippen LogP) is 1.81. The lowest BCUT2D eigenvalue weighted by Gasteiger charge is -2.28. The fraction of sp³-hybridized carbons (Fsp3) is 0.667. The highest BCUT2D eigenvalue weighted by atomic mass is 16.3. The highest BCUT2D eigenvalue weighted by Crippen LogP contribution is 2.21. The normalized spacial score (nSPS) is 25.4. The van der Waals surface area contributed by atoms with Crippen molar-refractivity contribution in [3.8, 4) is 0 Å². The lowest BCUT2D eigenvalue weighted by molar-refractivity contribution is 0.116. The average Bonchev–Trinajstić information content (AvgIpc) is 2.27. The van der Waals surface area contributed by atoms with Gasteiger partial charge in [-0.3, -0.25) is 0 Å². The molecular formula is C12H19N3O. The number of hydrogen-bond donors (Lipinski definition) is 2. The van der Waals surface area contributed by atoms with Gasteiger partial charge in [-0.2, -0.15) is 5.10 Å². The first kappa shape index (κ1) is 11.3. The van der Waals surface area contributed by atoms with E-state index in [9.17, 15) is 5.11 Å². The molecule has 0 aliphatic heterocycles. The van der Waals surface area contributed by atoms with Crippen molar-refractivity contribution in [3.05, 3.63) is 17.3 Å². The highest BCUT2D eigenvalue weighted by Gasteiger charge is 2.23. The van der Waals surface area contributed by atoms with Crippen molar-refractivity contribution >= 4 is 5.82 Å². The van der Waals surface area contributed by atoms with Gasteiger partial charge >= 0.3 is 0 Å². The molecule has 0 amide bonds. The molecular weight excluding hydrogens is 202 g/mol. The fourth-order valence-corrected chi connectivity index (χ4v) is 2.09. The third-order valence-corrected chi connectivity index (χ3v) is 3.29. The molecule has 16 heavy (non-hydrogen) atoms. The van der Waals surface area contributed by atoms with Crippen molar-refractivity contribution in [2.45, 2.75) is 51.7 Å². The number of hydrogen-bond acceptors (Lipinski definition) is 4. The molecule has 2 rings (SSSR count). The standard InChI is InChI=1S/C12H19N3O/c1-8-7-12(15-14-9(8)2)13-10-5-3-4-6-11(10)16/h7,10-11,16H,3-6H2,1-2H3,(H,13,15)/t10-,11-/m0/s1. The van der Waals surface area contributed by atoms with Crippen LogP contribution in [0.15, 0.2) is 6.07 Å². The van der Waals surface area contributed by atoms with Crippen molar-refractivity contribution in [2.75, 3.05) is 5.32 Å². The second-order valence-corrected chi connectivity index (χ2v) is 4.60. The summed E-state index contributed by atoms with van der Waals surface area (Å²) in [6, 6.07) is 2.12. The summed E-state index contributed by atoms with van der Waals surface area (Å²) < 4.78 is 0. The second-order valence-electron chi connectivity index (χ2n) is 4.60. The number of aliphatic hydroxyl groups is 1. The molecule has 1 aliphatic rings. The molecule has 1 aliphatic carbocycles. The van der Waals surface area contributed by atoms with E-state index in [1.807, 2.05) is 19.9 Å². The molecule has 1 aromatic heterocycles. The third-order valence-electron chi connectivity index (χ3n) is 3.29. The summed E-state index contributed by atoms with van der Waals surface area (Å²) in [4.78, 5) is 0. The molecule has 0 radical (unpaired) electrons. The SMILES string of the molecule is Cc1cc(N[C@H]2CCCC[C@@H]2O)nnc1C. The first-order chi connectivity index (χ1) is 7.66. The van der Waals surface area contributed by atoms with E-state index in [0.717, 1.165) is 36.3 Å². The molecule has 0 spiro atoms. The first-order valence-electron chi connectivity index (χ1n) is 5.92. The lowest BCUT2D eigenvalue weighted by Crippen LogP contribution is -2.36. The molecule has 4 nitrogen and oxygen atoms in total. The van der Waals surface area contributed by atoms with Crippen LogP contribution in [0.3, 0.4) is 0 Å². The number of nitrogens with one attached hydrogen (secondary N) is 1. The Bertz CT molecular complexity index is 367. The van der Waals surface area contributed by atoms with Crippen LogP contribution in [0.25, 0.3) is 0 Å². The van der Waals surface area contributed by atoms with Gasteiger partial charge in [0.15, 0.2) is 0 Å². The van der Waals surface area contributed by atoms with Gasteiger partial charge in [0.25, 0.3) is 0 Å². The minimum absolute atomic E-state index is 0.130. The van der Waals surface area contributed by atoms with Crippen LogP contribution in [0.4, 0.5) is 5.82 Å². The van der Waals surface area contributed by atoms with Gasteiger partial charge in [-0.15, -0.1) is 5.10 Å². The van der Waals surface area contributed by atoms with E-state index in [1.54, 1.807) is 0 Å². The number of anilines is 1. The van der Waals surface area contributed by atoms with E-state index in [4.69, 9.17) is 0 Å². The summed E-state index contributed by atoms with van der Waals surface area (Å²) in [5.74, 6) is 0.772. The molecule has 1 fully saturated rings. The Morgan fingerprint density at radius 3 is 2.69 bits per heavy atom. The van der Waals surface area contributed by atoms with Crippen LogP contribution in [0, 0.1) is 13.8 Å². The zero-order valence-corrected chi connectivity index (χ0v) is 9.90. The van der Waals surface area contributed by atoms with Gasteiger partial charge in [0, 0.05) is 0 Å². The van der Waals surface area contributed by atoms with Gasteiger partial charge in [-0.1, -0.05) is 12.8 Å². The molecule has 0 aromatic carbocycles. The van der Waals surface area contributed by atoms with Gasteiger partial charge < -0.3 is 10.4 Å². The van der Waals surface area contributed by atoms with Crippen molar-refractivity contribution in [1.29, 1.82) is 0 Å². The molecule has 2 atom stereocenters. The zero-order valence-electron chi connectivity index (χ0n) is 9.90. The third kappa shape index (κ3) is 2.50. The number of aliphatic hydroxyl groups excluding tert-OH is 1. The van der Waals surface area contributed by atoms with Crippen LogP contribution < -0.4 is 5.32 Å². The second kappa shape index (κ2) is 4.78. The fourth-order valence-electron chi connectivity index (χ4n) is 2.09. The molecule has 2 N–H and O–H groups in total. The summed E-state index contributed by atoms with van der Waals surface area (Å²) in [6.07, 6.45) is 3.94. The monoisotopic (exact) mass is 221 g/mol. The van der Waals surface area contributed by atoms with Crippen LogP contribution in [0.5, 0.6) is 0 Å². The minimum Gasteiger partial charge on any atom is -0.391 e. The Morgan fingerprint density at radius 1 is 1.25 bits per heavy atom. The van der Waals surface area contributed by atoms with E-state index in [2.05, 4.69) is 15.5 Å². The maximum atomic E-state index is 9.84. The Balaban J connectivity index is 2.05. The molecule has 4 heteroatoms. The van der Waals surface area contributed by atoms with Gasteiger partial charge in [0.1, 0.15) is 5.82 Å². The molecule has 0 bridgehead atoms. The van der Waals surface area contributed by atoms with E-state index in [0.29, 0.717) is 0 Å². The summed E-state index contributed by atoms with van der Waals surface area (Å²) >= 11 is 0. The summed E-state index contributed by atoms with van der Waals surface area (Å²) in [5, 5.41) is 21.3. The van der Waals surface area contributed by atoms with E-state index in [1.165, 1.54) is 6.42 Å². The Kier molecular flexibility index (Phi) is 3.39. The molecule has 1 aromatic rings. The molecule has 1 saturated carbocycles. The van der Waals surface area contributed by atoms with Crippen LogP contribution in [-0.4, -0.2) is 27.4 Å². The number of aryl methyl sites for hydroxylation is 2. The predicted molar refractivity (Wildman–Crippen MR) is 63.4 cm³/mol. The Morgan fingerprint density at radius 2 is 2.00 bits per heavy atom. The van der Waals surface area contributed by atoms with Crippen molar-refractivity contribution in [1.82, 2.24) is 10.2 Å². The summed E-state index contributed by atoms with van der Waals surface area (Å²) in [7, 11) is 0. The van der Waals surface area contributed by atoms with Crippen molar-refractivity contribution in [2.24, 2.45) is 0 Å². The smallest absolute Gasteiger partial charge is 0.149 e. The average molecular weight is 221 g/mol. The number of rotatable bonds is 2. The molecule has 0 unspecified atom stereocenters. The molecule has 88 valence electrons. The van der Waals surface area contributed by atoms with E-state index >= 15 is 0 Å². The highest BCUT2D eigenvalue weighted by molar-refractivity contribution is 5.38. The van der Waals surface area contributed by atoms with Crippen LogP contribution in [0.2, 0.25) is 0 Å². The Labute approximate surface area is 96.1 Å². The number of aromatic nitrogens is 2. The zero-order chi connectivity index (χ0) is 11.5. The Hall–Kier alpha value is -1.16. The lowest BCUT2D eigenvalue weighted by atomic mass is 9.92. The first-order valence-corrected chi connectivity index (χ1v) is 5.92. The van der Waals surface area contributed by atoms with Crippen molar-refractivity contribution in [3.63, 3.8) is 0 Å². The maximum Gasteiger partial charge on any atom is 0.149 e.